The molecule has 4 nitrogen and oxygen atoms in total. The molecule has 0 amide bonds. The van der Waals surface area contributed by atoms with Crippen LogP contribution in [0.1, 0.15) is 19.4 Å². The fourth-order valence-corrected chi connectivity index (χ4v) is 1.77. The van der Waals surface area contributed by atoms with Gasteiger partial charge in [-0.05, 0) is 32.0 Å². The third-order valence-electron chi connectivity index (χ3n) is 2.41. The predicted molar refractivity (Wildman–Crippen MR) is 76.6 cm³/mol. The van der Waals surface area contributed by atoms with Crippen LogP contribution in [-0.4, -0.2) is 16.1 Å². The van der Waals surface area contributed by atoms with Crippen molar-refractivity contribution in [2.75, 3.05) is 5.32 Å². The molecule has 2 aromatic heterocycles. The van der Waals surface area contributed by atoms with Gasteiger partial charge in [-0.3, -0.25) is 0 Å². The van der Waals surface area contributed by atoms with Crippen molar-refractivity contribution in [2.45, 2.75) is 26.5 Å². The Balaban J connectivity index is 2.07. The Morgan fingerprint density at radius 1 is 1.26 bits per heavy atom. The van der Waals surface area contributed by atoms with E-state index >= 15 is 0 Å². The normalized spacial score (nSPS) is 10.5. The van der Waals surface area contributed by atoms with E-state index in [4.69, 9.17) is 16.3 Å². The average molecular weight is 278 g/mol. The Bertz CT molecular complexity index is 546. The maximum Gasteiger partial charge on any atom is 0.218 e. The van der Waals surface area contributed by atoms with Crippen LogP contribution in [0.5, 0.6) is 5.88 Å². The van der Waals surface area contributed by atoms with Crippen molar-refractivity contribution in [3.05, 3.63) is 47.4 Å². The summed E-state index contributed by atoms with van der Waals surface area (Å²) >= 11 is 5.84. The van der Waals surface area contributed by atoms with Gasteiger partial charge in [0.25, 0.3) is 0 Å². The highest BCUT2D eigenvalue weighted by atomic mass is 35.5. The van der Waals surface area contributed by atoms with Crippen molar-refractivity contribution in [1.82, 2.24) is 9.97 Å². The molecule has 0 aliphatic heterocycles. The topological polar surface area (TPSA) is 47.0 Å². The second-order valence-corrected chi connectivity index (χ2v) is 4.74. The smallest absolute Gasteiger partial charge is 0.218 e. The minimum Gasteiger partial charge on any atom is -0.475 e. The Kier molecular flexibility index (Phi) is 4.58. The van der Waals surface area contributed by atoms with E-state index in [2.05, 4.69) is 15.3 Å². The lowest BCUT2D eigenvalue weighted by molar-refractivity contribution is 0.230. The van der Waals surface area contributed by atoms with E-state index in [9.17, 15) is 0 Å². The van der Waals surface area contributed by atoms with Crippen LogP contribution in [0.3, 0.4) is 0 Å². The molecule has 0 saturated heterocycles. The molecule has 5 heteroatoms. The molecule has 1 N–H and O–H groups in total. The number of nitrogens with zero attached hydrogens (tertiary/aromatic N) is 2. The van der Waals surface area contributed by atoms with Gasteiger partial charge in [0.1, 0.15) is 5.15 Å². The first-order valence-electron chi connectivity index (χ1n) is 6.11. The van der Waals surface area contributed by atoms with Gasteiger partial charge in [-0.1, -0.05) is 17.7 Å². The van der Waals surface area contributed by atoms with Gasteiger partial charge in [-0.15, -0.1) is 0 Å². The molecule has 0 saturated carbocycles. The highest BCUT2D eigenvalue weighted by Crippen LogP contribution is 2.18. The van der Waals surface area contributed by atoms with Crippen molar-refractivity contribution in [2.24, 2.45) is 0 Å². The largest absolute Gasteiger partial charge is 0.475 e. The molecule has 0 bridgehead atoms. The zero-order chi connectivity index (χ0) is 13.7. The Labute approximate surface area is 117 Å². The highest BCUT2D eigenvalue weighted by Gasteiger charge is 2.06. The first kappa shape index (κ1) is 13.6. The van der Waals surface area contributed by atoms with Crippen molar-refractivity contribution in [3.8, 4) is 5.88 Å². The second-order valence-electron chi connectivity index (χ2n) is 4.36. The Morgan fingerprint density at radius 3 is 2.84 bits per heavy atom. The standard InChI is InChI=1S/C14H16ClN3O/c1-10(2)19-14-11(4-3-6-17-14)9-18-12-5-7-16-13(15)8-12/h3-8,10H,9H2,1-2H3,(H,16,18). The first-order valence-corrected chi connectivity index (χ1v) is 6.49. The van der Waals surface area contributed by atoms with E-state index in [1.54, 1.807) is 18.5 Å². The lowest BCUT2D eigenvalue weighted by Gasteiger charge is -2.13. The Hall–Kier alpha value is -1.81. The highest BCUT2D eigenvalue weighted by molar-refractivity contribution is 6.29. The van der Waals surface area contributed by atoms with Gasteiger partial charge in [0.05, 0.1) is 6.10 Å². The van der Waals surface area contributed by atoms with E-state index in [0.717, 1.165) is 11.3 Å². The van der Waals surface area contributed by atoms with Gasteiger partial charge in [0.15, 0.2) is 0 Å². The summed E-state index contributed by atoms with van der Waals surface area (Å²) in [5.41, 5.74) is 1.92. The molecule has 100 valence electrons. The van der Waals surface area contributed by atoms with Crippen LogP contribution in [0.4, 0.5) is 5.69 Å². The minimum atomic E-state index is 0.101. The van der Waals surface area contributed by atoms with Crippen LogP contribution >= 0.6 is 11.6 Å². The molecule has 19 heavy (non-hydrogen) atoms. The number of hydrogen-bond donors (Lipinski definition) is 1. The fourth-order valence-electron chi connectivity index (χ4n) is 1.60. The molecule has 0 aliphatic carbocycles. The molecule has 2 aromatic rings. The van der Waals surface area contributed by atoms with Gasteiger partial charge in [0.2, 0.25) is 5.88 Å². The van der Waals surface area contributed by atoms with Crippen molar-refractivity contribution < 1.29 is 4.74 Å². The van der Waals surface area contributed by atoms with Gasteiger partial charge < -0.3 is 10.1 Å². The summed E-state index contributed by atoms with van der Waals surface area (Å²) in [6.07, 6.45) is 3.49. The molecular formula is C14H16ClN3O. The average Bonchev–Trinajstić information content (AvgIpc) is 2.37. The molecule has 0 spiro atoms. The summed E-state index contributed by atoms with van der Waals surface area (Å²) < 4.78 is 5.67. The minimum absolute atomic E-state index is 0.101. The summed E-state index contributed by atoms with van der Waals surface area (Å²) in [5.74, 6) is 0.658. The maximum atomic E-state index is 5.84. The number of ether oxygens (including phenoxy) is 1. The number of halogens is 1. The summed E-state index contributed by atoms with van der Waals surface area (Å²) in [6.45, 7) is 4.58. The molecule has 0 atom stereocenters. The number of aromatic nitrogens is 2. The van der Waals surface area contributed by atoms with Gasteiger partial charge in [-0.25, -0.2) is 9.97 Å². The zero-order valence-corrected chi connectivity index (χ0v) is 11.7. The lowest BCUT2D eigenvalue weighted by Crippen LogP contribution is -2.10. The van der Waals surface area contributed by atoms with Crippen molar-refractivity contribution >= 4 is 17.3 Å². The van der Waals surface area contributed by atoms with Crippen molar-refractivity contribution in [1.29, 1.82) is 0 Å². The molecule has 2 rings (SSSR count). The molecular weight excluding hydrogens is 262 g/mol. The molecule has 0 aliphatic rings. The predicted octanol–water partition coefficient (Wildman–Crippen LogP) is 3.53. The summed E-state index contributed by atoms with van der Waals surface area (Å²) in [7, 11) is 0. The van der Waals surface area contributed by atoms with Crippen LogP contribution in [0.25, 0.3) is 0 Å². The molecule has 2 heterocycles. The molecule has 0 unspecified atom stereocenters. The second kappa shape index (κ2) is 6.38. The van der Waals surface area contributed by atoms with Gasteiger partial charge >= 0.3 is 0 Å². The third-order valence-corrected chi connectivity index (χ3v) is 2.61. The van der Waals surface area contributed by atoms with Gasteiger partial charge in [0, 0.05) is 30.2 Å². The lowest BCUT2D eigenvalue weighted by atomic mass is 10.2. The van der Waals surface area contributed by atoms with E-state index in [-0.39, 0.29) is 6.10 Å². The van der Waals surface area contributed by atoms with Gasteiger partial charge in [-0.2, -0.15) is 0 Å². The first-order chi connectivity index (χ1) is 9.15. The zero-order valence-electron chi connectivity index (χ0n) is 10.9. The fraction of sp³-hybridized carbons (Fsp3) is 0.286. The van der Waals surface area contributed by atoms with E-state index in [1.165, 1.54) is 0 Å². The summed E-state index contributed by atoms with van der Waals surface area (Å²) in [4.78, 5) is 8.19. The van der Waals surface area contributed by atoms with Crippen LogP contribution < -0.4 is 10.1 Å². The molecule has 0 radical (unpaired) electrons. The van der Waals surface area contributed by atoms with Crippen LogP contribution in [0, 0.1) is 0 Å². The maximum absolute atomic E-state index is 5.84. The quantitative estimate of drug-likeness (QED) is 0.850. The molecule has 0 aromatic carbocycles. The van der Waals surface area contributed by atoms with Crippen LogP contribution in [-0.2, 0) is 6.54 Å². The molecule has 0 fully saturated rings. The van der Waals surface area contributed by atoms with Crippen LogP contribution in [0.2, 0.25) is 5.15 Å². The number of anilines is 1. The summed E-state index contributed by atoms with van der Waals surface area (Å²) in [6, 6.07) is 7.52. The number of nitrogens with one attached hydrogen (secondary N) is 1. The monoisotopic (exact) mass is 277 g/mol. The summed E-state index contributed by atoms with van der Waals surface area (Å²) in [5, 5.41) is 3.74. The third kappa shape index (κ3) is 4.10. The number of pyridine rings is 2. The van der Waals surface area contributed by atoms with Crippen molar-refractivity contribution in [3.63, 3.8) is 0 Å². The van der Waals surface area contributed by atoms with E-state index < -0.39 is 0 Å². The number of rotatable bonds is 5. The van der Waals surface area contributed by atoms with E-state index in [1.807, 2.05) is 32.0 Å². The van der Waals surface area contributed by atoms with Crippen LogP contribution in [0.15, 0.2) is 36.7 Å². The number of hydrogen-bond acceptors (Lipinski definition) is 4. The Morgan fingerprint density at radius 2 is 2.11 bits per heavy atom. The van der Waals surface area contributed by atoms with E-state index in [0.29, 0.717) is 17.6 Å². The SMILES string of the molecule is CC(C)Oc1ncccc1CNc1ccnc(Cl)c1.